The Morgan fingerprint density at radius 2 is 1.76 bits per heavy atom. The molecule has 7 heteroatoms. The van der Waals surface area contributed by atoms with Crippen molar-refractivity contribution in [2.45, 2.75) is 44.9 Å². The van der Waals surface area contributed by atoms with Crippen molar-refractivity contribution in [3.05, 3.63) is 48.2 Å². The molecule has 0 saturated heterocycles. The molecule has 0 unspecified atom stereocenters. The molecule has 4 rings (SSSR count). The SMILES string of the molecule is CCNC(=O)Nc1ccc2ncc(Nc3ccc(C4CCCCC4)cc3)nc2n1. The summed E-state index contributed by atoms with van der Waals surface area (Å²) >= 11 is 0. The molecule has 3 N–H and O–H groups in total. The largest absolute Gasteiger partial charge is 0.339 e. The van der Waals surface area contributed by atoms with E-state index in [2.05, 4.69) is 55.2 Å². The van der Waals surface area contributed by atoms with E-state index in [1.165, 1.54) is 37.7 Å². The second-order valence-electron chi connectivity index (χ2n) is 7.36. The highest BCUT2D eigenvalue weighted by molar-refractivity contribution is 5.89. The van der Waals surface area contributed by atoms with Crippen molar-refractivity contribution in [1.29, 1.82) is 0 Å². The Balaban J connectivity index is 1.47. The molecule has 2 heterocycles. The van der Waals surface area contributed by atoms with E-state index in [-0.39, 0.29) is 6.03 Å². The van der Waals surface area contributed by atoms with Crippen molar-refractivity contribution in [3.63, 3.8) is 0 Å². The molecule has 3 aromatic rings. The molecule has 2 amide bonds. The van der Waals surface area contributed by atoms with Gasteiger partial charge in [0.15, 0.2) is 11.5 Å². The summed E-state index contributed by atoms with van der Waals surface area (Å²) in [6, 6.07) is 11.8. The summed E-state index contributed by atoms with van der Waals surface area (Å²) in [6.07, 6.45) is 8.31. The maximum atomic E-state index is 11.7. The number of hydrogen-bond donors (Lipinski definition) is 3. The number of pyridine rings is 1. The molecule has 2 aromatic heterocycles. The van der Waals surface area contributed by atoms with Crippen LogP contribution in [0.5, 0.6) is 0 Å². The summed E-state index contributed by atoms with van der Waals surface area (Å²) in [6.45, 7) is 2.41. The van der Waals surface area contributed by atoms with E-state index in [1.807, 2.05) is 6.92 Å². The number of aromatic nitrogens is 3. The predicted molar refractivity (Wildman–Crippen MR) is 116 cm³/mol. The third-order valence-electron chi connectivity index (χ3n) is 5.25. The zero-order valence-corrected chi connectivity index (χ0v) is 16.6. The number of fused-ring (bicyclic) bond motifs is 1. The predicted octanol–water partition coefficient (Wildman–Crippen LogP) is 4.96. The Hall–Kier alpha value is -3.22. The van der Waals surface area contributed by atoms with Gasteiger partial charge >= 0.3 is 6.03 Å². The standard InChI is InChI=1S/C22H26N6O/c1-2-23-22(29)28-19-13-12-18-21(26-19)27-20(14-24-18)25-17-10-8-16(9-11-17)15-6-4-3-5-7-15/h8-15H,2-7H2,1H3,(H3,23,25,26,27,28,29). The monoisotopic (exact) mass is 390 g/mol. The highest BCUT2D eigenvalue weighted by Crippen LogP contribution is 2.33. The van der Waals surface area contributed by atoms with Gasteiger partial charge in [0.1, 0.15) is 11.3 Å². The van der Waals surface area contributed by atoms with Gasteiger partial charge in [-0.2, -0.15) is 0 Å². The third-order valence-corrected chi connectivity index (χ3v) is 5.25. The first kappa shape index (κ1) is 19.1. The number of amides is 2. The van der Waals surface area contributed by atoms with E-state index in [9.17, 15) is 4.79 Å². The van der Waals surface area contributed by atoms with E-state index in [0.29, 0.717) is 35.3 Å². The van der Waals surface area contributed by atoms with Crippen LogP contribution in [0.2, 0.25) is 0 Å². The minimum Gasteiger partial charge on any atom is -0.339 e. The fourth-order valence-corrected chi connectivity index (χ4v) is 3.77. The first-order valence-electron chi connectivity index (χ1n) is 10.3. The average Bonchev–Trinajstić information content (AvgIpc) is 2.75. The quantitative estimate of drug-likeness (QED) is 0.573. The van der Waals surface area contributed by atoms with Crippen molar-refractivity contribution < 1.29 is 4.79 Å². The van der Waals surface area contributed by atoms with E-state index >= 15 is 0 Å². The molecular weight excluding hydrogens is 364 g/mol. The number of anilines is 3. The number of rotatable bonds is 5. The summed E-state index contributed by atoms with van der Waals surface area (Å²) in [5.74, 6) is 1.75. The molecule has 0 bridgehead atoms. The third kappa shape index (κ3) is 4.80. The van der Waals surface area contributed by atoms with E-state index < -0.39 is 0 Å². The number of benzene rings is 1. The molecule has 1 aliphatic carbocycles. The van der Waals surface area contributed by atoms with Gasteiger partial charge in [0, 0.05) is 12.2 Å². The summed E-state index contributed by atoms with van der Waals surface area (Å²) in [5, 5.41) is 8.66. The number of nitrogens with one attached hydrogen (secondary N) is 3. The van der Waals surface area contributed by atoms with Gasteiger partial charge in [0.05, 0.1) is 6.20 Å². The molecule has 0 atom stereocenters. The zero-order chi connectivity index (χ0) is 20.1. The molecule has 1 saturated carbocycles. The highest BCUT2D eigenvalue weighted by atomic mass is 16.2. The zero-order valence-electron chi connectivity index (χ0n) is 16.6. The van der Waals surface area contributed by atoms with Crippen LogP contribution in [0.3, 0.4) is 0 Å². The first-order valence-corrected chi connectivity index (χ1v) is 10.3. The van der Waals surface area contributed by atoms with Crippen LogP contribution in [0.15, 0.2) is 42.6 Å². The van der Waals surface area contributed by atoms with Crippen molar-refractivity contribution in [1.82, 2.24) is 20.3 Å². The Labute approximate surface area is 170 Å². The Morgan fingerprint density at radius 1 is 1.00 bits per heavy atom. The van der Waals surface area contributed by atoms with Crippen molar-refractivity contribution in [3.8, 4) is 0 Å². The molecule has 150 valence electrons. The average molecular weight is 390 g/mol. The summed E-state index contributed by atoms with van der Waals surface area (Å²) in [7, 11) is 0. The number of nitrogens with zero attached hydrogens (tertiary/aromatic N) is 3. The molecule has 29 heavy (non-hydrogen) atoms. The van der Waals surface area contributed by atoms with E-state index in [0.717, 1.165) is 5.69 Å². The lowest BCUT2D eigenvalue weighted by Crippen LogP contribution is -2.28. The maximum absolute atomic E-state index is 11.7. The van der Waals surface area contributed by atoms with E-state index in [1.54, 1.807) is 18.3 Å². The van der Waals surface area contributed by atoms with Crippen molar-refractivity contribution in [2.75, 3.05) is 17.2 Å². The maximum Gasteiger partial charge on any atom is 0.320 e. The van der Waals surface area contributed by atoms with Crippen LogP contribution in [0.1, 0.15) is 50.5 Å². The normalized spacial score (nSPS) is 14.5. The first-order chi connectivity index (χ1) is 14.2. The highest BCUT2D eigenvalue weighted by Gasteiger charge is 2.15. The van der Waals surface area contributed by atoms with Crippen LogP contribution in [0.4, 0.5) is 22.1 Å². The fourth-order valence-electron chi connectivity index (χ4n) is 3.77. The fraction of sp³-hybridized carbons (Fsp3) is 0.364. The summed E-state index contributed by atoms with van der Waals surface area (Å²) < 4.78 is 0. The van der Waals surface area contributed by atoms with Gasteiger partial charge in [-0.05, 0) is 55.5 Å². The Kier molecular flexibility index (Phi) is 5.84. The lowest BCUT2D eigenvalue weighted by molar-refractivity contribution is 0.252. The van der Waals surface area contributed by atoms with Gasteiger partial charge in [-0.15, -0.1) is 0 Å². The smallest absolute Gasteiger partial charge is 0.320 e. The Bertz CT molecular complexity index is 982. The second-order valence-corrected chi connectivity index (χ2v) is 7.36. The summed E-state index contributed by atoms with van der Waals surface area (Å²) in [4.78, 5) is 25.0. The van der Waals surface area contributed by atoms with Crippen molar-refractivity contribution >= 4 is 34.5 Å². The van der Waals surface area contributed by atoms with Crippen LogP contribution in [-0.2, 0) is 0 Å². The van der Waals surface area contributed by atoms with Gasteiger partial charge in [-0.25, -0.2) is 19.7 Å². The molecule has 1 fully saturated rings. The van der Waals surface area contributed by atoms with Crippen LogP contribution in [-0.4, -0.2) is 27.5 Å². The number of urea groups is 1. The van der Waals surface area contributed by atoms with Gasteiger partial charge < -0.3 is 10.6 Å². The molecule has 7 nitrogen and oxygen atoms in total. The molecule has 0 spiro atoms. The van der Waals surface area contributed by atoms with Crippen molar-refractivity contribution in [2.24, 2.45) is 0 Å². The Morgan fingerprint density at radius 3 is 2.52 bits per heavy atom. The molecule has 0 aliphatic heterocycles. The topological polar surface area (TPSA) is 91.8 Å². The van der Waals surface area contributed by atoms with Gasteiger partial charge in [0.25, 0.3) is 0 Å². The minimum absolute atomic E-state index is 0.292. The summed E-state index contributed by atoms with van der Waals surface area (Å²) in [5.41, 5.74) is 3.53. The van der Waals surface area contributed by atoms with Gasteiger partial charge in [-0.3, -0.25) is 5.32 Å². The van der Waals surface area contributed by atoms with Crippen LogP contribution in [0.25, 0.3) is 11.2 Å². The number of hydrogen-bond acceptors (Lipinski definition) is 5. The van der Waals surface area contributed by atoms with E-state index in [4.69, 9.17) is 0 Å². The molecular formula is C22H26N6O. The van der Waals surface area contributed by atoms with Crippen LogP contribution in [0, 0.1) is 0 Å². The molecule has 1 aliphatic rings. The molecule has 0 radical (unpaired) electrons. The minimum atomic E-state index is -0.292. The van der Waals surface area contributed by atoms with Crippen LogP contribution < -0.4 is 16.0 Å². The lowest BCUT2D eigenvalue weighted by Gasteiger charge is -2.22. The molecule has 1 aromatic carbocycles. The van der Waals surface area contributed by atoms with Crippen LogP contribution >= 0.6 is 0 Å². The number of carbonyl (C=O) groups excluding carboxylic acids is 1. The second kappa shape index (κ2) is 8.86. The van der Waals surface area contributed by atoms with Gasteiger partial charge in [0.2, 0.25) is 0 Å². The lowest BCUT2D eigenvalue weighted by atomic mass is 9.84. The number of carbonyl (C=O) groups is 1. The van der Waals surface area contributed by atoms with Gasteiger partial charge in [-0.1, -0.05) is 31.4 Å².